The minimum absolute atomic E-state index is 0.237. The molecule has 164 valence electrons. The van der Waals surface area contributed by atoms with Crippen LogP contribution < -0.4 is 0 Å². The van der Waals surface area contributed by atoms with E-state index in [1.807, 2.05) is 60.7 Å². The number of ether oxygens (including phenoxy) is 4. The van der Waals surface area contributed by atoms with Gasteiger partial charge in [0, 0.05) is 12.3 Å². The Labute approximate surface area is 185 Å². The van der Waals surface area contributed by atoms with Crippen LogP contribution in [0.2, 0.25) is 19.6 Å². The summed E-state index contributed by atoms with van der Waals surface area (Å²) in [6.45, 7) is 7.52. The van der Waals surface area contributed by atoms with Crippen LogP contribution in [0, 0.1) is 11.5 Å². The molecule has 0 amide bonds. The standard InChI is InChI=1S/C25H30O5Si/c1-31(2,3)15-14-24(26)30-25-16-22(28-18-21-12-8-5-9-13-21)23(29-25)19-27-17-20-10-6-4-7-11-20/h4-13,22-23,25H,16-19H2,1-3H3/t22-,23+,25+/m0/s1. The van der Waals surface area contributed by atoms with Crippen molar-refractivity contribution in [3.63, 3.8) is 0 Å². The summed E-state index contributed by atoms with van der Waals surface area (Å²) >= 11 is 0. The van der Waals surface area contributed by atoms with Gasteiger partial charge in [0.1, 0.15) is 14.2 Å². The molecule has 1 fully saturated rings. The van der Waals surface area contributed by atoms with Crippen LogP contribution in [0.5, 0.6) is 0 Å². The van der Waals surface area contributed by atoms with Gasteiger partial charge in [0.2, 0.25) is 6.29 Å². The zero-order chi connectivity index (χ0) is 22.1. The van der Waals surface area contributed by atoms with Gasteiger partial charge >= 0.3 is 5.97 Å². The number of carbonyl (C=O) groups excluding carboxylic acids is 1. The van der Waals surface area contributed by atoms with Gasteiger partial charge < -0.3 is 18.9 Å². The molecule has 6 heteroatoms. The van der Waals surface area contributed by atoms with E-state index in [0.717, 1.165) is 11.1 Å². The third kappa shape index (κ3) is 8.31. The van der Waals surface area contributed by atoms with Gasteiger partial charge in [-0.15, -0.1) is 5.54 Å². The summed E-state index contributed by atoms with van der Waals surface area (Å²) in [5.41, 5.74) is 5.19. The molecule has 1 aliphatic heterocycles. The van der Waals surface area contributed by atoms with E-state index >= 15 is 0 Å². The van der Waals surface area contributed by atoms with Gasteiger partial charge in [-0.3, -0.25) is 0 Å². The van der Waals surface area contributed by atoms with E-state index in [4.69, 9.17) is 18.9 Å². The number of carbonyl (C=O) groups is 1. The first-order chi connectivity index (χ1) is 14.9. The fourth-order valence-corrected chi connectivity index (χ4v) is 3.59. The van der Waals surface area contributed by atoms with Crippen LogP contribution in [0.15, 0.2) is 60.7 Å². The zero-order valence-corrected chi connectivity index (χ0v) is 19.4. The Morgan fingerprint density at radius 2 is 1.61 bits per heavy atom. The van der Waals surface area contributed by atoms with E-state index < -0.39 is 20.3 Å². The molecule has 1 aliphatic rings. The van der Waals surface area contributed by atoms with Crippen LogP contribution in [0.1, 0.15) is 17.5 Å². The quantitative estimate of drug-likeness (QED) is 0.349. The monoisotopic (exact) mass is 438 g/mol. The predicted molar refractivity (Wildman–Crippen MR) is 122 cm³/mol. The van der Waals surface area contributed by atoms with Gasteiger partial charge in [0.15, 0.2) is 0 Å². The van der Waals surface area contributed by atoms with E-state index in [2.05, 4.69) is 31.1 Å². The first kappa shape index (κ1) is 23.2. The summed E-state index contributed by atoms with van der Waals surface area (Å²) in [6, 6.07) is 19.9. The van der Waals surface area contributed by atoms with Crippen molar-refractivity contribution >= 4 is 14.0 Å². The number of esters is 1. The number of rotatable bonds is 8. The van der Waals surface area contributed by atoms with Crippen LogP contribution in [-0.2, 0) is 37.0 Å². The van der Waals surface area contributed by atoms with Crippen LogP contribution in [0.3, 0.4) is 0 Å². The molecule has 0 N–H and O–H groups in total. The Balaban J connectivity index is 1.57. The fourth-order valence-electron chi connectivity index (χ4n) is 3.11. The third-order valence-electron chi connectivity index (χ3n) is 4.64. The second-order valence-corrected chi connectivity index (χ2v) is 13.3. The average Bonchev–Trinajstić information content (AvgIpc) is 3.13. The third-order valence-corrected chi connectivity index (χ3v) is 5.52. The molecule has 0 unspecified atom stereocenters. The van der Waals surface area contributed by atoms with Crippen molar-refractivity contribution in [1.29, 1.82) is 0 Å². The molecular formula is C25H30O5Si. The summed E-state index contributed by atoms with van der Waals surface area (Å²) < 4.78 is 23.4. The van der Waals surface area contributed by atoms with E-state index in [1.165, 1.54) is 0 Å². The summed E-state index contributed by atoms with van der Waals surface area (Å²) in [7, 11) is -1.65. The van der Waals surface area contributed by atoms with E-state index in [-0.39, 0.29) is 12.2 Å². The van der Waals surface area contributed by atoms with Gasteiger partial charge in [-0.2, -0.15) is 0 Å². The summed E-state index contributed by atoms with van der Waals surface area (Å²) in [6.07, 6.45) is -0.796. The number of hydrogen-bond acceptors (Lipinski definition) is 5. The highest BCUT2D eigenvalue weighted by molar-refractivity contribution is 6.84. The van der Waals surface area contributed by atoms with Crippen LogP contribution in [0.4, 0.5) is 0 Å². The first-order valence-corrected chi connectivity index (χ1v) is 14.1. The molecule has 31 heavy (non-hydrogen) atoms. The fraction of sp³-hybridized carbons (Fsp3) is 0.400. The maximum absolute atomic E-state index is 12.1. The number of hydrogen-bond donors (Lipinski definition) is 0. The van der Waals surface area contributed by atoms with E-state index in [1.54, 1.807) is 0 Å². The molecule has 1 heterocycles. The molecule has 0 bridgehead atoms. The molecule has 3 rings (SSSR count). The normalized spacial score (nSPS) is 20.7. The SMILES string of the molecule is C[Si](C)(C)C#CC(=O)O[C@@H]1C[C@H](OCc2ccccc2)[C@@H](COCc2ccccc2)O1. The number of benzene rings is 2. The second-order valence-electron chi connectivity index (χ2n) is 8.58. The topological polar surface area (TPSA) is 54.0 Å². The Morgan fingerprint density at radius 3 is 2.23 bits per heavy atom. The molecule has 3 atom stereocenters. The Kier molecular flexibility index (Phi) is 8.44. The maximum Gasteiger partial charge on any atom is 0.386 e. The molecule has 0 saturated carbocycles. The molecule has 2 aromatic carbocycles. The highest BCUT2D eigenvalue weighted by Gasteiger charge is 2.38. The lowest BCUT2D eigenvalue weighted by Crippen LogP contribution is -2.29. The highest BCUT2D eigenvalue weighted by Crippen LogP contribution is 2.26. The van der Waals surface area contributed by atoms with Gasteiger partial charge in [-0.25, -0.2) is 4.79 Å². The smallest absolute Gasteiger partial charge is 0.386 e. The van der Waals surface area contributed by atoms with Crippen molar-refractivity contribution in [2.24, 2.45) is 0 Å². The van der Waals surface area contributed by atoms with Crippen molar-refractivity contribution in [3.05, 3.63) is 71.8 Å². The van der Waals surface area contributed by atoms with Crippen molar-refractivity contribution < 1.29 is 23.7 Å². The molecule has 0 spiro atoms. The van der Waals surface area contributed by atoms with Crippen LogP contribution >= 0.6 is 0 Å². The minimum Gasteiger partial charge on any atom is -0.426 e. The Morgan fingerprint density at radius 1 is 1.00 bits per heavy atom. The van der Waals surface area contributed by atoms with Crippen molar-refractivity contribution in [2.75, 3.05) is 6.61 Å². The lowest BCUT2D eigenvalue weighted by atomic mass is 10.2. The predicted octanol–water partition coefficient (Wildman–Crippen LogP) is 4.33. The lowest BCUT2D eigenvalue weighted by molar-refractivity contribution is -0.173. The van der Waals surface area contributed by atoms with Crippen molar-refractivity contribution in [2.45, 2.75) is 57.8 Å². The van der Waals surface area contributed by atoms with Crippen LogP contribution in [-0.4, -0.2) is 39.1 Å². The highest BCUT2D eigenvalue weighted by atomic mass is 28.3. The van der Waals surface area contributed by atoms with Gasteiger partial charge in [0.05, 0.1) is 25.9 Å². The first-order valence-electron chi connectivity index (χ1n) is 10.6. The molecule has 0 radical (unpaired) electrons. The molecule has 2 aromatic rings. The summed E-state index contributed by atoms with van der Waals surface area (Å²) in [5.74, 6) is 2.04. The maximum atomic E-state index is 12.1. The molecule has 0 aromatic heterocycles. The van der Waals surface area contributed by atoms with Crippen LogP contribution in [0.25, 0.3) is 0 Å². The van der Waals surface area contributed by atoms with E-state index in [9.17, 15) is 4.79 Å². The largest absolute Gasteiger partial charge is 0.426 e. The Bertz CT molecular complexity index is 883. The summed E-state index contributed by atoms with van der Waals surface area (Å²) in [5, 5.41) is 0. The molecule has 5 nitrogen and oxygen atoms in total. The van der Waals surface area contributed by atoms with Crippen molar-refractivity contribution in [1.82, 2.24) is 0 Å². The molecular weight excluding hydrogens is 408 g/mol. The van der Waals surface area contributed by atoms with Gasteiger partial charge in [0.25, 0.3) is 0 Å². The molecule has 1 saturated heterocycles. The van der Waals surface area contributed by atoms with E-state index in [0.29, 0.717) is 26.2 Å². The zero-order valence-electron chi connectivity index (χ0n) is 18.4. The van der Waals surface area contributed by atoms with Crippen molar-refractivity contribution in [3.8, 4) is 11.5 Å². The van der Waals surface area contributed by atoms with Gasteiger partial charge in [-0.05, 0) is 11.1 Å². The van der Waals surface area contributed by atoms with Gasteiger partial charge in [-0.1, -0.05) is 80.3 Å². The second kappa shape index (κ2) is 11.3. The molecule has 0 aliphatic carbocycles. The minimum atomic E-state index is -1.65. The Hall–Kier alpha value is -2.43. The average molecular weight is 439 g/mol. The summed E-state index contributed by atoms with van der Waals surface area (Å²) in [4.78, 5) is 12.1. The lowest BCUT2D eigenvalue weighted by Gasteiger charge is -2.19.